The predicted molar refractivity (Wildman–Crippen MR) is 155 cm³/mol. The highest BCUT2D eigenvalue weighted by molar-refractivity contribution is 6.09. The highest BCUT2D eigenvalue weighted by Crippen LogP contribution is 2.33. The summed E-state index contributed by atoms with van der Waals surface area (Å²) < 4.78 is 20.4. The average molecular weight is 551 g/mol. The van der Waals surface area contributed by atoms with E-state index in [9.17, 15) is 14.4 Å². The van der Waals surface area contributed by atoms with Gasteiger partial charge in [-0.05, 0) is 55.3 Å². The minimum atomic E-state index is -0.520. The number of nitriles is 1. The lowest BCUT2D eigenvalue weighted by Crippen LogP contribution is -2.42. The first-order valence-electron chi connectivity index (χ1n) is 13.9. The quantitative estimate of drug-likeness (QED) is 0.372. The number of likely N-dealkylation sites (N-methyl/N-ethyl adjacent to an activating group) is 1. The van der Waals surface area contributed by atoms with Crippen LogP contribution in [0.15, 0.2) is 66.9 Å². The number of fused-ring (bicyclic) bond motifs is 1. The number of rotatable bonds is 6. The molecule has 1 amide bonds. The van der Waals surface area contributed by atoms with Gasteiger partial charge in [-0.2, -0.15) is 5.26 Å². The smallest absolute Gasteiger partial charge is 0.258 e. The van der Waals surface area contributed by atoms with Crippen LogP contribution in [-0.4, -0.2) is 66.7 Å². The zero-order valence-electron chi connectivity index (χ0n) is 22.9. The van der Waals surface area contributed by atoms with Gasteiger partial charge in [0, 0.05) is 38.3 Å². The fourth-order valence-electron chi connectivity index (χ4n) is 5.72. The number of ether oxygens (including phenoxy) is 1. The molecule has 2 aliphatic heterocycles. The number of carbonyl (C=O) groups excluding carboxylic acids is 1. The fourth-order valence-corrected chi connectivity index (χ4v) is 5.72. The second kappa shape index (κ2) is 11.6. The lowest BCUT2D eigenvalue weighted by molar-refractivity contribution is 0.0396. The van der Waals surface area contributed by atoms with Gasteiger partial charge in [0.05, 0.1) is 46.9 Å². The maximum Gasteiger partial charge on any atom is 0.258 e. The molecule has 4 aromatic rings. The minimum absolute atomic E-state index is 0.148. The largest absolute Gasteiger partial charge is 0.370 e. The number of amides is 1. The molecule has 0 saturated carbocycles. The van der Waals surface area contributed by atoms with Gasteiger partial charge in [0.2, 0.25) is 0 Å². The van der Waals surface area contributed by atoms with E-state index in [4.69, 9.17) is 14.7 Å². The average Bonchev–Trinajstić information content (AvgIpc) is 3.53. The van der Waals surface area contributed by atoms with Crippen molar-refractivity contribution in [1.29, 1.82) is 5.26 Å². The maximum absolute atomic E-state index is 14.3. The summed E-state index contributed by atoms with van der Waals surface area (Å²) in [6.45, 7) is 3.18. The number of nitrogens with one attached hydrogen (secondary N) is 1. The van der Waals surface area contributed by atoms with Crippen molar-refractivity contribution in [3.05, 3.63) is 89.4 Å². The molecule has 0 aliphatic carbocycles. The van der Waals surface area contributed by atoms with Crippen LogP contribution in [0.2, 0.25) is 0 Å². The lowest BCUT2D eigenvalue weighted by Gasteiger charge is -2.36. The van der Waals surface area contributed by atoms with E-state index in [-0.39, 0.29) is 23.6 Å². The van der Waals surface area contributed by atoms with Crippen LogP contribution in [0.25, 0.3) is 22.3 Å². The second-order valence-corrected chi connectivity index (χ2v) is 10.6. The first kappa shape index (κ1) is 26.8. The van der Waals surface area contributed by atoms with Crippen LogP contribution in [-0.2, 0) is 4.74 Å². The molecule has 2 saturated heterocycles. The standard InChI is InChI=1S/C32H31FN6O2/c1-38(19-25-8-5-11-35-25)32(40)30-28(39-12-13-41-29(20-39)22-6-3-2-4-7-22)18-36-27-10-9-26(37-31(27)30)23-14-21(17-34)15-24(33)16-23/h2-4,6-7,9-10,14-16,18,25,29,35H,5,8,11-13,19-20H2,1H3/t25-,29+/m0/s1. The Balaban J connectivity index is 1.45. The summed E-state index contributed by atoms with van der Waals surface area (Å²) in [5.74, 6) is -0.668. The molecule has 2 aromatic carbocycles. The molecule has 41 heavy (non-hydrogen) atoms. The molecule has 0 unspecified atom stereocenters. The Morgan fingerprint density at radius 1 is 1.22 bits per heavy atom. The zero-order valence-corrected chi connectivity index (χ0v) is 22.9. The number of hydrogen-bond acceptors (Lipinski definition) is 7. The second-order valence-electron chi connectivity index (χ2n) is 10.6. The van der Waals surface area contributed by atoms with E-state index in [2.05, 4.69) is 10.2 Å². The number of nitrogens with zero attached hydrogens (tertiary/aromatic N) is 5. The molecule has 0 spiro atoms. The summed E-state index contributed by atoms with van der Waals surface area (Å²) in [5, 5.41) is 12.8. The molecule has 4 heterocycles. The number of carbonyl (C=O) groups is 1. The van der Waals surface area contributed by atoms with Crippen LogP contribution in [0.4, 0.5) is 10.1 Å². The zero-order chi connectivity index (χ0) is 28.3. The Morgan fingerprint density at radius 3 is 2.85 bits per heavy atom. The Morgan fingerprint density at radius 2 is 2.07 bits per heavy atom. The third-order valence-corrected chi connectivity index (χ3v) is 7.81. The van der Waals surface area contributed by atoms with Crippen molar-refractivity contribution < 1.29 is 13.9 Å². The fraction of sp³-hybridized carbons (Fsp3) is 0.312. The summed E-state index contributed by atoms with van der Waals surface area (Å²) in [4.78, 5) is 27.7. The Bertz CT molecular complexity index is 1620. The SMILES string of the molecule is CN(C[C@@H]1CCCN1)C(=O)c1c(N2CCO[C@@H](c3ccccc3)C2)cnc2ccc(-c3cc(F)cc(C#N)c3)nc12. The van der Waals surface area contributed by atoms with Crippen molar-refractivity contribution in [1.82, 2.24) is 20.2 Å². The van der Waals surface area contributed by atoms with E-state index in [1.54, 1.807) is 29.3 Å². The van der Waals surface area contributed by atoms with Crippen LogP contribution in [0.3, 0.4) is 0 Å². The summed E-state index contributed by atoms with van der Waals surface area (Å²) in [6.07, 6.45) is 3.71. The first-order chi connectivity index (χ1) is 20.0. The third-order valence-electron chi connectivity index (χ3n) is 7.81. The van der Waals surface area contributed by atoms with E-state index < -0.39 is 5.82 Å². The monoisotopic (exact) mass is 550 g/mol. The molecule has 8 nitrogen and oxygen atoms in total. The van der Waals surface area contributed by atoms with Gasteiger partial charge < -0.3 is 19.9 Å². The Labute approximate surface area is 238 Å². The van der Waals surface area contributed by atoms with Gasteiger partial charge >= 0.3 is 0 Å². The molecule has 1 N–H and O–H groups in total. The number of morpholine rings is 1. The summed E-state index contributed by atoms with van der Waals surface area (Å²) >= 11 is 0. The molecular weight excluding hydrogens is 519 g/mol. The van der Waals surface area contributed by atoms with Crippen molar-refractivity contribution in [2.75, 3.05) is 44.7 Å². The van der Waals surface area contributed by atoms with E-state index in [1.807, 2.05) is 43.4 Å². The molecule has 9 heteroatoms. The summed E-state index contributed by atoms with van der Waals surface area (Å²) in [7, 11) is 1.82. The topological polar surface area (TPSA) is 94.4 Å². The number of anilines is 1. The van der Waals surface area contributed by atoms with Gasteiger partial charge in [0.25, 0.3) is 5.91 Å². The van der Waals surface area contributed by atoms with Crippen LogP contribution in [0.5, 0.6) is 0 Å². The summed E-state index contributed by atoms with van der Waals surface area (Å²) in [5.41, 5.74) is 4.37. The van der Waals surface area contributed by atoms with Gasteiger partial charge in [-0.25, -0.2) is 9.37 Å². The third kappa shape index (κ3) is 5.62. The summed E-state index contributed by atoms with van der Waals surface area (Å²) in [6, 6.07) is 20.0. The van der Waals surface area contributed by atoms with E-state index in [1.165, 1.54) is 12.1 Å². The van der Waals surface area contributed by atoms with Gasteiger partial charge in [0.15, 0.2) is 0 Å². The van der Waals surface area contributed by atoms with E-state index in [0.717, 1.165) is 24.9 Å². The predicted octanol–water partition coefficient (Wildman–Crippen LogP) is 4.71. The van der Waals surface area contributed by atoms with Crippen LogP contribution >= 0.6 is 0 Å². The number of halogens is 1. The highest BCUT2D eigenvalue weighted by Gasteiger charge is 2.30. The van der Waals surface area contributed by atoms with Crippen LogP contribution in [0.1, 0.15) is 40.4 Å². The van der Waals surface area contributed by atoms with Crippen molar-refractivity contribution >= 4 is 22.6 Å². The van der Waals surface area contributed by atoms with Crippen molar-refractivity contribution in [3.8, 4) is 17.3 Å². The highest BCUT2D eigenvalue weighted by atomic mass is 19.1. The van der Waals surface area contributed by atoms with Crippen LogP contribution in [0, 0.1) is 17.1 Å². The minimum Gasteiger partial charge on any atom is -0.370 e. The molecule has 0 bridgehead atoms. The first-order valence-corrected chi connectivity index (χ1v) is 13.9. The molecule has 6 rings (SSSR count). The Hall–Kier alpha value is -4.39. The van der Waals surface area contributed by atoms with Crippen molar-refractivity contribution in [2.45, 2.75) is 25.0 Å². The molecule has 2 aromatic heterocycles. The van der Waals surface area contributed by atoms with Crippen molar-refractivity contribution in [3.63, 3.8) is 0 Å². The lowest BCUT2D eigenvalue weighted by atomic mass is 10.0. The van der Waals surface area contributed by atoms with Gasteiger partial charge in [0.1, 0.15) is 17.4 Å². The molecule has 208 valence electrons. The number of pyridine rings is 2. The maximum atomic E-state index is 14.3. The number of benzene rings is 2. The van der Waals surface area contributed by atoms with Crippen molar-refractivity contribution in [2.24, 2.45) is 0 Å². The van der Waals surface area contributed by atoms with Crippen LogP contribution < -0.4 is 10.2 Å². The molecule has 2 atom stereocenters. The Kier molecular flexibility index (Phi) is 7.59. The van der Waals surface area contributed by atoms with Gasteiger partial charge in [-0.1, -0.05) is 30.3 Å². The van der Waals surface area contributed by atoms with E-state index >= 15 is 0 Å². The normalized spacial score (nSPS) is 18.8. The molecule has 2 aliphatic rings. The van der Waals surface area contributed by atoms with Gasteiger partial charge in [-0.3, -0.25) is 9.78 Å². The van der Waals surface area contributed by atoms with Gasteiger partial charge in [-0.15, -0.1) is 0 Å². The molecule has 2 fully saturated rings. The number of hydrogen-bond donors (Lipinski definition) is 1. The molecule has 0 radical (unpaired) electrons. The number of aromatic nitrogens is 2. The molecular formula is C32H31FN6O2. The van der Waals surface area contributed by atoms with E-state index in [0.29, 0.717) is 59.8 Å².